The first-order chi connectivity index (χ1) is 15.1. The van der Waals surface area contributed by atoms with Crippen LogP contribution in [0.15, 0.2) is 58.2 Å². The van der Waals surface area contributed by atoms with Crippen LogP contribution >= 0.6 is 11.8 Å². The van der Waals surface area contributed by atoms with Gasteiger partial charge in [0.05, 0.1) is 12.7 Å². The molecule has 1 amide bonds. The number of hydrogen-bond acceptors (Lipinski definition) is 6. The summed E-state index contributed by atoms with van der Waals surface area (Å²) in [5, 5.41) is 3.67. The molecule has 2 heterocycles. The highest BCUT2D eigenvalue weighted by molar-refractivity contribution is 7.98. The zero-order chi connectivity index (χ0) is 21.6. The van der Waals surface area contributed by atoms with Crippen molar-refractivity contribution in [1.29, 1.82) is 0 Å². The van der Waals surface area contributed by atoms with E-state index in [2.05, 4.69) is 29.0 Å². The number of rotatable bonds is 8. The number of carbonyl (C=O) groups excluding carboxylic acids is 1. The third-order valence-electron chi connectivity index (χ3n) is 5.22. The molecule has 0 aliphatic carbocycles. The Morgan fingerprint density at radius 2 is 2.03 bits per heavy atom. The van der Waals surface area contributed by atoms with Crippen molar-refractivity contribution in [1.82, 2.24) is 15.2 Å². The van der Waals surface area contributed by atoms with E-state index in [-0.39, 0.29) is 12.0 Å². The molecule has 1 atom stereocenters. The molecular formula is C24H29N3O3S. The largest absolute Gasteiger partial charge is 0.431 e. The van der Waals surface area contributed by atoms with Crippen LogP contribution in [0.2, 0.25) is 0 Å². The predicted molar refractivity (Wildman–Crippen MR) is 123 cm³/mol. The first-order valence-electron chi connectivity index (χ1n) is 10.8. The van der Waals surface area contributed by atoms with Gasteiger partial charge in [0.15, 0.2) is 5.58 Å². The van der Waals surface area contributed by atoms with Crippen molar-refractivity contribution < 1.29 is 13.9 Å². The molecule has 1 aliphatic rings. The number of para-hydroxylation sites is 2. The van der Waals surface area contributed by atoms with Gasteiger partial charge in [0.2, 0.25) is 0 Å². The van der Waals surface area contributed by atoms with Crippen LogP contribution in [-0.2, 0) is 10.5 Å². The Kier molecular flexibility index (Phi) is 7.27. The summed E-state index contributed by atoms with van der Waals surface area (Å²) in [6, 6.07) is 15.4. The van der Waals surface area contributed by atoms with Gasteiger partial charge in [-0.1, -0.05) is 55.9 Å². The summed E-state index contributed by atoms with van der Waals surface area (Å²) in [5.74, 6) is 1.16. The fraction of sp³-hybridized carbons (Fsp3) is 0.417. The monoisotopic (exact) mass is 439 g/mol. The van der Waals surface area contributed by atoms with E-state index in [1.165, 1.54) is 11.8 Å². The van der Waals surface area contributed by atoms with Crippen LogP contribution in [0.3, 0.4) is 0 Å². The number of morpholine rings is 1. The average Bonchev–Trinajstić information content (AvgIpc) is 3.19. The lowest BCUT2D eigenvalue weighted by Gasteiger charge is -2.34. The molecule has 0 saturated carbocycles. The summed E-state index contributed by atoms with van der Waals surface area (Å²) in [7, 11) is 0. The number of nitrogens with one attached hydrogen (secondary N) is 1. The smallest absolute Gasteiger partial charge is 0.257 e. The summed E-state index contributed by atoms with van der Waals surface area (Å²) < 4.78 is 11.6. The van der Waals surface area contributed by atoms with Crippen molar-refractivity contribution >= 4 is 28.8 Å². The number of oxazole rings is 1. The van der Waals surface area contributed by atoms with Gasteiger partial charge < -0.3 is 14.5 Å². The minimum Gasteiger partial charge on any atom is -0.431 e. The molecule has 4 rings (SSSR count). The van der Waals surface area contributed by atoms with Crippen LogP contribution in [0.1, 0.15) is 29.8 Å². The lowest BCUT2D eigenvalue weighted by atomic mass is 10.1. The second kappa shape index (κ2) is 10.3. The zero-order valence-corrected chi connectivity index (χ0v) is 18.9. The Balaban J connectivity index is 1.34. The molecule has 164 valence electrons. The molecule has 1 aliphatic heterocycles. The third kappa shape index (κ3) is 5.87. The maximum Gasteiger partial charge on any atom is 0.257 e. The van der Waals surface area contributed by atoms with E-state index in [1.807, 2.05) is 48.5 Å². The number of thioether (sulfide) groups is 1. The van der Waals surface area contributed by atoms with Gasteiger partial charge in [-0.05, 0) is 29.7 Å². The van der Waals surface area contributed by atoms with Crippen LogP contribution in [0.25, 0.3) is 11.1 Å². The Morgan fingerprint density at radius 1 is 1.23 bits per heavy atom. The molecule has 0 radical (unpaired) electrons. The van der Waals surface area contributed by atoms with Crippen LogP contribution in [0.5, 0.6) is 0 Å². The predicted octanol–water partition coefficient (Wildman–Crippen LogP) is 4.21. The Labute approximate surface area is 187 Å². The Morgan fingerprint density at radius 3 is 2.87 bits per heavy atom. The van der Waals surface area contributed by atoms with Crippen molar-refractivity contribution in [2.45, 2.75) is 30.9 Å². The van der Waals surface area contributed by atoms with Crippen LogP contribution in [0.4, 0.5) is 0 Å². The van der Waals surface area contributed by atoms with Gasteiger partial charge in [0.1, 0.15) is 5.52 Å². The second-order valence-electron chi connectivity index (χ2n) is 8.25. The number of benzene rings is 2. The van der Waals surface area contributed by atoms with E-state index in [1.54, 1.807) is 0 Å². The molecular weight excluding hydrogens is 410 g/mol. The summed E-state index contributed by atoms with van der Waals surface area (Å²) >= 11 is 1.49. The number of amides is 1. The maximum atomic E-state index is 12.9. The summed E-state index contributed by atoms with van der Waals surface area (Å²) in [6.07, 6.45) is 0.0257. The fourth-order valence-corrected chi connectivity index (χ4v) is 4.65. The SMILES string of the molecule is CC(C)CN1CCOC(CNC(=O)c2ccccc2CSc2nc3ccccc3o2)C1. The van der Waals surface area contributed by atoms with E-state index in [0.29, 0.717) is 35.6 Å². The number of carbonyl (C=O) groups is 1. The van der Waals surface area contributed by atoms with Gasteiger partial charge in [-0.3, -0.25) is 9.69 Å². The molecule has 2 aromatic carbocycles. The molecule has 31 heavy (non-hydrogen) atoms. The minimum absolute atomic E-state index is 0.0257. The van der Waals surface area contributed by atoms with Crippen molar-refractivity contribution in [3.8, 4) is 0 Å². The number of nitrogens with zero attached hydrogens (tertiary/aromatic N) is 2. The van der Waals surface area contributed by atoms with Gasteiger partial charge in [-0.15, -0.1) is 0 Å². The minimum atomic E-state index is -0.0710. The van der Waals surface area contributed by atoms with Gasteiger partial charge in [-0.25, -0.2) is 4.98 Å². The van der Waals surface area contributed by atoms with Crippen LogP contribution < -0.4 is 5.32 Å². The van der Waals surface area contributed by atoms with Crippen LogP contribution in [0, 0.1) is 5.92 Å². The molecule has 1 aromatic heterocycles. The summed E-state index contributed by atoms with van der Waals surface area (Å²) in [5.41, 5.74) is 3.25. The van der Waals surface area contributed by atoms with Gasteiger partial charge in [0, 0.05) is 37.5 Å². The highest BCUT2D eigenvalue weighted by Crippen LogP contribution is 2.27. The first kappa shape index (κ1) is 21.9. The Hall–Kier alpha value is -2.35. The van der Waals surface area contributed by atoms with E-state index in [9.17, 15) is 4.79 Å². The molecule has 1 N–H and O–H groups in total. The quantitative estimate of drug-likeness (QED) is 0.531. The molecule has 1 fully saturated rings. The third-order valence-corrected chi connectivity index (χ3v) is 6.10. The lowest BCUT2D eigenvalue weighted by Crippen LogP contribution is -2.48. The van der Waals surface area contributed by atoms with Gasteiger partial charge >= 0.3 is 0 Å². The van der Waals surface area contributed by atoms with Crippen molar-refractivity contribution in [2.24, 2.45) is 5.92 Å². The molecule has 3 aromatic rings. The first-order valence-corrected chi connectivity index (χ1v) is 11.8. The number of aromatic nitrogens is 1. The van der Waals surface area contributed by atoms with Crippen LogP contribution in [-0.4, -0.2) is 54.7 Å². The molecule has 1 saturated heterocycles. The topological polar surface area (TPSA) is 67.6 Å². The number of ether oxygens (including phenoxy) is 1. The molecule has 6 nitrogen and oxygen atoms in total. The van der Waals surface area contributed by atoms with Crippen molar-refractivity contribution in [3.63, 3.8) is 0 Å². The van der Waals surface area contributed by atoms with Crippen molar-refractivity contribution in [2.75, 3.05) is 32.8 Å². The fourth-order valence-electron chi connectivity index (χ4n) is 3.81. The Bertz CT molecular complexity index is 987. The number of fused-ring (bicyclic) bond motifs is 1. The lowest BCUT2D eigenvalue weighted by molar-refractivity contribution is -0.0295. The normalized spacial score (nSPS) is 17.3. The van der Waals surface area contributed by atoms with Gasteiger partial charge in [-0.2, -0.15) is 0 Å². The van der Waals surface area contributed by atoms with E-state index in [0.717, 1.165) is 36.3 Å². The maximum absolute atomic E-state index is 12.9. The number of hydrogen-bond donors (Lipinski definition) is 1. The van der Waals surface area contributed by atoms with Crippen molar-refractivity contribution in [3.05, 3.63) is 59.7 Å². The highest BCUT2D eigenvalue weighted by atomic mass is 32.2. The molecule has 7 heteroatoms. The zero-order valence-electron chi connectivity index (χ0n) is 18.0. The van der Waals surface area contributed by atoms with Gasteiger partial charge in [0.25, 0.3) is 11.1 Å². The summed E-state index contributed by atoms with van der Waals surface area (Å²) in [4.78, 5) is 19.8. The average molecular weight is 440 g/mol. The van der Waals surface area contributed by atoms with E-state index in [4.69, 9.17) is 9.15 Å². The molecule has 1 unspecified atom stereocenters. The molecule has 0 bridgehead atoms. The van der Waals surface area contributed by atoms with E-state index >= 15 is 0 Å². The molecule has 0 spiro atoms. The highest BCUT2D eigenvalue weighted by Gasteiger charge is 2.22. The second-order valence-corrected chi connectivity index (χ2v) is 9.18. The standard InChI is InChI=1S/C24H29N3O3S/c1-17(2)14-27-11-12-29-19(15-27)13-25-23(28)20-8-4-3-7-18(20)16-31-24-26-21-9-5-6-10-22(21)30-24/h3-10,17,19H,11-16H2,1-2H3,(H,25,28). The summed E-state index contributed by atoms with van der Waals surface area (Å²) in [6.45, 7) is 8.55. The van der Waals surface area contributed by atoms with E-state index < -0.39 is 0 Å².